The molecule has 0 bridgehead atoms. The zero-order chi connectivity index (χ0) is 17.9. The maximum absolute atomic E-state index is 11.6. The number of nitrogens with two attached hydrogens (primary N) is 1. The molecule has 24 heavy (non-hydrogen) atoms. The van der Waals surface area contributed by atoms with E-state index in [1.54, 1.807) is 0 Å². The van der Waals surface area contributed by atoms with Gasteiger partial charge in [0.1, 0.15) is 0 Å². The van der Waals surface area contributed by atoms with Gasteiger partial charge in [-0.2, -0.15) is 12.6 Å². The molecule has 0 aromatic carbocycles. The third-order valence-corrected chi connectivity index (χ3v) is 4.85. The lowest BCUT2D eigenvalue weighted by Crippen LogP contribution is -2.38. The van der Waals surface area contributed by atoms with Crippen molar-refractivity contribution in [3.8, 4) is 0 Å². The summed E-state index contributed by atoms with van der Waals surface area (Å²) in [4.78, 5) is 11.6. The Balaban J connectivity index is 3.18. The summed E-state index contributed by atoms with van der Waals surface area (Å²) in [5, 5.41) is 11.8. The zero-order valence-electron chi connectivity index (χ0n) is 15.5. The van der Waals surface area contributed by atoms with Crippen LogP contribution in [0.25, 0.3) is 0 Å². The first kappa shape index (κ1) is 23.7. The first-order valence-electron chi connectivity index (χ1n) is 9.95. The van der Waals surface area contributed by atoms with Crippen molar-refractivity contribution in [3.05, 3.63) is 0 Å². The van der Waals surface area contributed by atoms with Gasteiger partial charge in [-0.25, -0.2) is 0 Å². The normalized spacial score (nSPS) is 12.3. The maximum atomic E-state index is 11.6. The number of hydrogen-bond donors (Lipinski definition) is 4. The lowest BCUT2D eigenvalue weighted by atomic mass is 10.0. The van der Waals surface area contributed by atoms with Gasteiger partial charge in [0, 0.05) is 12.2 Å². The van der Waals surface area contributed by atoms with Crippen molar-refractivity contribution >= 4 is 18.5 Å². The number of carbonyl (C=O) groups excluding carboxylic acids is 1. The van der Waals surface area contributed by atoms with E-state index in [0.717, 1.165) is 19.4 Å². The molecular formula is C19H40N2O2S. The molecule has 144 valence electrons. The van der Waals surface area contributed by atoms with Crippen LogP contribution in [0.2, 0.25) is 0 Å². The molecule has 0 rings (SSSR count). The van der Waals surface area contributed by atoms with Gasteiger partial charge in [0.2, 0.25) is 5.91 Å². The number of unbranched alkanes of at least 4 members (excludes halogenated alkanes) is 12. The first-order valence-corrected chi connectivity index (χ1v) is 10.6. The topological polar surface area (TPSA) is 75.4 Å². The van der Waals surface area contributed by atoms with Gasteiger partial charge >= 0.3 is 0 Å². The molecule has 0 saturated heterocycles. The smallest absolute Gasteiger partial charge is 0.220 e. The SMILES string of the molecule is NCCCCCCCCCCCCCCCC(=O)NC(CO)CS. The van der Waals surface area contributed by atoms with E-state index in [-0.39, 0.29) is 18.6 Å². The maximum Gasteiger partial charge on any atom is 0.220 e. The average molecular weight is 361 g/mol. The highest BCUT2D eigenvalue weighted by molar-refractivity contribution is 7.80. The molecule has 0 radical (unpaired) electrons. The highest BCUT2D eigenvalue weighted by Gasteiger charge is 2.08. The summed E-state index contributed by atoms with van der Waals surface area (Å²) < 4.78 is 0. The van der Waals surface area contributed by atoms with Gasteiger partial charge in [-0.15, -0.1) is 0 Å². The molecule has 5 heteroatoms. The van der Waals surface area contributed by atoms with Gasteiger partial charge in [0.25, 0.3) is 0 Å². The Morgan fingerprint density at radius 1 is 0.833 bits per heavy atom. The molecule has 4 nitrogen and oxygen atoms in total. The van der Waals surface area contributed by atoms with Crippen LogP contribution >= 0.6 is 12.6 Å². The summed E-state index contributed by atoms with van der Waals surface area (Å²) in [6.07, 6.45) is 17.1. The molecule has 1 amide bonds. The summed E-state index contributed by atoms with van der Waals surface area (Å²) in [7, 11) is 0. The standard InChI is InChI=1S/C19H40N2O2S/c20-15-13-11-9-7-5-3-1-2-4-6-8-10-12-14-19(23)21-18(16-22)17-24/h18,22,24H,1-17,20H2,(H,21,23). The Labute approximate surface area is 154 Å². The van der Waals surface area contributed by atoms with Crippen LogP contribution in [0.15, 0.2) is 0 Å². The highest BCUT2D eigenvalue weighted by Crippen LogP contribution is 2.12. The molecule has 1 unspecified atom stereocenters. The summed E-state index contributed by atoms with van der Waals surface area (Å²) in [5.41, 5.74) is 5.48. The number of carbonyl (C=O) groups is 1. The molecule has 0 saturated carbocycles. The van der Waals surface area contributed by atoms with Crippen LogP contribution in [0.3, 0.4) is 0 Å². The fraction of sp³-hybridized carbons (Fsp3) is 0.947. The average Bonchev–Trinajstić information content (AvgIpc) is 2.60. The molecule has 0 aliphatic heterocycles. The molecule has 0 spiro atoms. The number of hydrogen-bond acceptors (Lipinski definition) is 4. The molecule has 0 heterocycles. The van der Waals surface area contributed by atoms with E-state index in [1.165, 1.54) is 70.6 Å². The second-order valence-corrected chi connectivity index (χ2v) is 7.13. The Morgan fingerprint density at radius 2 is 1.25 bits per heavy atom. The van der Waals surface area contributed by atoms with E-state index < -0.39 is 0 Å². The number of nitrogens with one attached hydrogen (secondary N) is 1. The highest BCUT2D eigenvalue weighted by atomic mass is 32.1. The van der Waals surface area contributed by atoms with Gasteiger partial charge in [-0.1, -0.05) is 70.6 Å². The second kappa shape index (κ2) is 19.1. The van der Waals surface area contributed by atoms with Gasteiger partial charge in [-0.05, 0) is 19.4 Å². The summed E-state index contributed by atoms with van der Waals surface area (Å²) in [6, 6.07) is -0.207. The summed E-state index contributed by atoms with van der Waals surface area (Å²) in [6.45, 7) is 0.798. The predicted molar refractivity (Wildman–Crippen MR) is 107 cm³/mol. The number of aliphatic hydroxyl groups excluding tert-OH is 1. The van der Waals surface area contributed by atoms with Crippen molar-refractivity contribution in [3.63, 3.8) is 0 Å². The molecule has 1 atom stereocenters. The first-order chi connectivity index (χ1) is 11.7. The van der Waals surface area contributed by atoms with E-state index in [4.69, 9.17) is 10.8 Å². The third kappa shape index (κ3) is 16.6. The quantitative estimate of drug-likeness (QED) is 0.222. The van der Waals surface area contributed by atoms with Crippen LogP contribution in [-0.2, 0) is 4.79 Å². The lowest BCUT2D eigenvalue weighted by Gasteiger charge is -2.13. The zero-order valence-corrected chi connectivity index (χ0v) is 16.4. The van der Waals surface area contributed by atoms with Gasteiger partial charge in [-0.3, -0.25) is 4.79 Å². The Hall–Kier alpha value is -0.260. The van der Waals surface area contributed by atoms with Gasteiger partial charge in [0.05, 0.1) is 12.6 Å². The van der Waals surface area contributed by atoms with Crippen LogP contribution in [0, 0.1) is 0 Å². The Morgan fingerprint density at radius 3 is 1.62 bits per heavy atom. The number of aliphatic hydroxyl groups is 1. The lowest BCUT2D eigenvalue weighted by molar-refractivity contribution is -0.122. The Kier molecular flexibility index (Phi) is 18.9. The molecular weight excluding hydrogens is 320 g/mol. The fourth-order valence-corrected chi connectivity index (χ4v) is 3.03. The number of amides is 1. The minimum Gasteiger partial charge on any atom is -0.394 e. The molecule has 0 aromatic rings. The third-order valence-electron chi connectivity index (χ3n) is 4.41. The van der Waals surface area contributed by atoms with Crippen molar-refractivity contribution in [2.24, 2.45) is 5.73 Å². The van der Waals surface area contributed by atoms with Crippen LogP contribution < -0.4 is 11.1 Å². The van der Waals surface area contributed by atoms with Crippen LogP contribution in [-0.4, -0.2) is 36.0 Å². The number of thiol groups is 1. The Bertz CT molecular complexity index is 274. The molecule has 4 N–H and O–H groups in total. The van der Waals surface area contributed by atoms with E-state index in [2.05, 4.69) is 17.9 Å². The minimum atomic E-state index is -0.207. The molecule has 0 fully saturated rings. The van der Waals surface area contributed by atoms with Crippen molar-refractivity contribution in [2.75, 3.05) is 18.9 Å². The van der Waals surface area contributed by atoms with Crippen molar-refractivity contribution < 1.29 is 9.90 Å². The van der Waals surface area contributed by atoms with Crippen LogP contribution in [0.4, 0.5) is 0 Å². The fourth-order valence-electron chi connectivity index (χ4n) is 2.82. The van der Waals surface area contributed by atoms with Crippen molar-refractivity contribution in [1.29, 1.82) is 0 Å². The van der Waals surface area contributed by atoms with E-state index in [1.807, 2.05) is 0 Å². The van der Waals surface area contributed by atoms with Crippen LogP contribution in [0.1, 0.15) is 89.9 Å². The summed E-state index contributed by atoms with van der Waals surface area (Å²) >= 11 is 4.09. The van der Waals surface area contributed by atoms with Crippen LogP contribution in [0.5, 0.6) is 0 Å². The monoisotopic (exact) mass is 360 g/mol. The summed E-state index contributed by atoms with van der Waals surface area (Å²) in [5.74, 6) is 0.519. The molecule has 0 aromatic heterocycles. The van der Waals surface area contributed by atoms with Crippen molar-refractivity contribution in [2.45, 2.75) is 95.9 Å². The largest absolute Gasteiger partial charge is 0.394 e. The van der Waals surface area contributed by atoms with E-state index >= 15 is 0 Å². The van der Waals surface area contributed by atoms with Gasteiger partial charge < -0.3 is 16.2 Å². The predicted octanol–water partition coefficient (Wildman–Crippen LogP) is 3.81. The van der Waals surface area contributed by atoms with E-state index in [0.29, 0.717) is 12.2 Å². The van der Waals surface area contributed by atoms with Gasteiger partial charge in [0.15, 0.2) is 0 Å². The second-order valence-electron chi connectivity index (χ2n) is 6.76. The van der Waals surface area contributed by atoms with E-state index in [9.17, 15) is 4.79 Å². The molecule has 0 aliphatic carbocycles. The van der Waals surface area contributed by atoms with Crippen molar-refractivity contribution in [1.82, 2.24) is 5.32 Å². The minimum absolute atomic E-state index is 0.0366. The molecule has 0 aliphatic rings. The number of rotatable bonds is 18.